The van der Waals surface area contributed by atoms with Crippen molar-refractivity contribution in [3.63, 3.8) is 0 Å². The zero-order valence-electron chi connectivity index (χ0n) is 18.7. The number of nitrogens with zero attached hydrogens (tertiary/aromatic N) is 3. The molecule has 2 aromatic carbocycles. The van der Waals surface area contributed by atoms with Crippen molar-refractivity contribution in [3.05, 3.63) is 72.6 Å². The number of aromatic nitrogens is 3. The summed E-state index contributed by atoms with van der Waals surface area (Å²) in [6.45, 7) is 2.97. The van der Waals surface area contributed by atoms with E-state index in [4.69, 9.17) is 28.3 Å². The molecule has 0 aliphatic carbocycles. The quantitative estimate of drug-likeness (QED) is 0.301. The van der Waals surface area contributed by atoms with E-state index in [0.717, 1.165) is 21.3 Å². The SMILES string of the molecule is C[N+](C)(C)CCO.Cc1ccc(-n2nc(O)c3[nH]c4cc(Cl)ccc4c(=O)c3c2=O)c(Cl)c1. The van der Waals surface area contributed by atoms with Crippen LogP contribution in [0.5, 0.6) is 5.88 Å². The molecule has 0 saturated heterocycles. The van der Waals surface area contributed by atoms with Crippen LogP contribution in [0.3, 0.4) is 0 Å². The second-order valence-corrected chi connectivity index (χ2v) is 9.47. The lowest BCUT2D eigenvalue weighted by Gasteiger charge is -2.21. The fraction of sp³-hybridized carbons (Fsp3) is 0.261. The second kappa shape index (κ2) is 9.52. The molecule has 4 aromatic rings. The van der Waals surface area contributed by atoms with Gasteiger partial charge in [-0.25, -0.2) is 0 Å². The molecule has 174 valence electrons. The molecule has 33 heavy (non-hydrogen) atoms. The van der Waals surface area contributed by atoms with Crippen LogP contribution in [0.25, 0.3) is 27.5 Å². The van der Waals surface area contributed by atoms with Gasteiger partial charge in [-0.05, 0) is 42.8 Å². The number of rotatable bonds is 3. The van der Waals surface area contributed by atoms with Crippen LogP contribution < -0.4 is 11.0 Å². The number of aliphatic hydroxyl groups is 1. The average molecular weight is 492 g/mol. The molecule has 0 spiro atoms. The first kappa shape index (κ1) is 24.7. The van der Waals surface area contributed by atoms with Crippen molar-refractivity contribution in [1.29, 1.82) is 0 Å². The maximum absolute atomic E-state index is 12.9. The molecule has 0 unspecified atom stereocenters. The minimum Gasteiger partial charge on any atom is -0.491 e. The van der Waals surface area contributed by atoms with Gasteiger partial charge >= 0.3 is 0 Å². The minimum atomic E-state index is -0.679. The summed E-state index contributed by atoms with van der Waals surface area (Å²) >= 11 is 12.2. The zero-order valence-corrected chi connectivity index (χ0v) is 20.2. The summed E-state index contributed by atoms with van der Waals surface area (Å²) in [6.07, 6.45) is 0. The molecule has 2 heterocycles. The zero-order chi connectivity index (χ0) is 24.5. The Balaban J connectivity index is 0.000000383. The fourth-order valence-electron chi connectivity index (χ4n) is 3.18. The van der Waals surface area contributed by atoms with Crippen LogP contribution in [0.2, 0.25) is 10.0 Å². The molecule has 8 nitrogen and oxygen atoms in total. The topological polar surface area (TPSA) is 108 Å². The van der Waals surface area contributed by atoms with Gasteiger partial charge in [0, 0.05) is 10.4 Å². The van der Waals surface area contributed by atoms with E-state index in [2.05, 4.69) is 31.2 Å². The monoisotopic (exact) mass is 491 g/mol. The highest BCUT2D eigenvalue weighted by atomic mass is 35.5. The summed E-state index contributed by atoms with van der Waals surface area (Å²) < 4.78 is 1.77. The summed E-state index contributed by atoms with van der Waals surface area (Å²) in [7, 11) is 6.16. The smallest absolute Gasteiger partial charge is 0.285 e. The first-order valence-corrected chi connectivity index (χ1v) is 10.8. The lowest BCUT2D eigenvalue weighted by molar-refractivity contribution is -0.870. The van der Waals surface area contributed by atoms with Crippen LogP contribution in [0.15, 0.2) is 46.0 Å². The Labute approximate surface area is 199 Å². The van der Waals surface area contributed by atoms with E-state index in [1.165, 1.54) is 6.07 Å². The van der Waals surface area contributed by atoms with Gasteiger partial charge in [0.25, 0.3) is 11.4 Å². The number of likely N-dealkylation sites (N-methyl/N-ethyl adjacent to an activating group) is 1. The molecule has 0 aliphatic rings. The maximum atomic E-state index is 12.9. The van der Waals surface area contributed by atoms with Crippen molar-refractivity contribution in [2.75, 3.05) is 34.3 Å². The maximum Gasteiger partial charge on any atom is 0.285 e. The Hall–Kier alpha value is -2.91. The first-order chi connectivity index (χ1) is 15.4. The van der Waals surface area contributed by atoms with Gasteiger partial charge in [0.05, 0.1) is 44.0 Å². The van der Waals surface area contributed by atoms with Crippen LogP contribution >= 0.6 is 23.2 Å². The number of aryl methyl sites for hydroxylation is 1. The van der Waals surface area contributed by atoms with E-state index in [0.29, 0.717) is 10.5 Å². The number of halogens is 2. The number of pyridine rings is 1. The number of fused-ring (bicyclic) bond motifs is 2. The van der Waals surface area contributed by atoms with E-state index in [-0.39, 0.29) is 33.6 Å². The van der Waals surface area contributed by atoms with Gasteiger partial charge in [-0.3, -0.25) is 9.59 Å². The molecular weight excluding hydrogens is 467 g/mol. The summed E-state index contributed by atoms with van der Waals surface area (Å²) in [6, 6.07) is 9.64. The summed E-state index contributed by atoms with van der Waals surface area (Å²) in [5.41, 5.74) is 0.325. The number of hydrogen-bond donors (Lipinski definition) is 3. The van der Waals surface area contributed by atoms with Crippen molar-refractivity contribution in [3.8, 4) is 11.6 Å². The molecule has 0 atom stereocenters. The van der Waals surface area contributed by atoms with E-state index in [1.807, 2.05) is 6.92 Å². The number of H-pyrrole nitrogens is 1. The largest absolute Gasteiger partial charge is 0.491 e. The Bertz CT molecular complexity index is 1460. The van der Waals surface area contributed by atoms with Gasteiger partial charge in [0.2, 0.25) is 5.43 Å². The molecule has 0 saturated carbocycles. The molecule has 10 heteroatoms. The Kier molecular flexibility index (Phi) is 7.14. The molecular formula is C23H25Cl2N4O4+. The van der Waals surface area contributed by atoms with E-state index < -0.39 is 16.9 Å². The highest BCUT2D eigenvalue weighted by Crippen LogP contribution is 2.24. The Morgan fingerprint density at radius 3 is 2.36 bits per heavy atom. The van der Waals surface area contributed by atoms with Crippen LogP contribution in [-0.2, 0) is 0 Å². The molecule has 0 amide bonds. The number of aliphatic hydroxyl groups excluding tert-OH is 1. The third-order valence-electron chi connectivity index (χ3n) is 4.89. The van der Waals surface area contributed by atoms with Crippen molar-refractivity contribution in [2.45, 2.75) is 6.92 Å². The molecule has 3 N–H and O–H groups in total. The van der Waals surface area contributed by atoms with Crippen molar-refractivity contribution < 1.29 is 14.7 Å². The third kappa shape index (κ3) is 5.36. The minimum absolute atomic E-state index is 0.0470. The van der Waals surface area contributed by atoms with E-state index >= 15 is 0 Å². The normalized spacial score (nSPS) is 11.5. The summed E-state index contributed by atoms with van der Waals surface area (Å²) in [5, 5.41) is 23.4. The van der Waals surface area contributed by atoms with Gasteiger partial charge in [0.15, 0.2) is 0 Å². The number of aromatic hydroxyl groups is 1. The highest BCUT2D eigenvalue weighted by molar-refractivity contribution is 6.32. The molecule has 0 bridgehead atoms. The van der Waals surface area contributed by atoms with Crippen molar-refractivity contribution in [2.24, 2.45) is 0 Å². The van der Waals surface area contributed by atoms with Gasteiger partial charge in [-0.1, -0.05) is 29.3 Å². The number of benzene rings is 2. The lowest BCUT2D eigenvalue weighted by Crippen LogP contribution is -2.36. The standard InChI is InChI=1S/C18H11Cl2N3O3.C5H14NO/c1-8-2-5-13(11(20)6-8)23-18(26)14-15(17(25)22-23)21-12-7-9(19)3-4-10(12)16(14)24;1-6(2,3)4-5-7/h2-7H,1H3,(H,21,24)(H,22,25);7H,4-5H2,1-3H3/q;+1. The van der Waals surface area contributed by atoms with Crippen LogP contribution in [0.1, 0.15) is 5.56 Å². The number of hydrogen-bond acceptors (Lipinski definition) is 5. The number of aromatic amines is 1. The summed E-state index contributed by atoms with van der Waals surface area (Å²) in [5.74, 6) is -0.491. The first-order valence-electron chi connectivity index (χ1n) is 10.1. The number of nitrogens with one attached hydrogen (secondary N) is 1. The van der Waals surface area contributed by atoms with Crippen LogP contribution in [-0.4, -0.2) is 63.8 Å². The predicted octanol–water partition coefficient (Wildman–Crippen LogP) is 3.23. The molecule has 0 radical (unpaired) electrons. The fourth-order valence-corrected chi connectivity index (χ4v) is 3.67. The molecule has 0 aliphatic heterocycles. The van der Waals surface area contributed by atoms with Gasteiger partial charge in [-0.2, -0.15) is 4.68 Å². The molecule has 0 fully saturated rings. The third-order valence-corrected chi connectivity index (χ3v) is 5.43. The van der Waals surface area contributed by atoms with Gasteiger partial charge in [0.1, 0.15) is 17.4 Å². The van der Waals surface area contributed by atoms with E-state index in [1.54, 1.807) is 30.3 Å². The highest BCUT2D eigenvalue weighted by Gasteiger charge is 2.18. The molecule has 4 rings (SSSR count). The van der Waals surface area contributed by atoms with Crippen molar-refractivity contribution >= 4 is 45.0 Å². The Morgan fingerprint density at radius 2 is 1.79 bits per heavy atom. The van der Waals surface area contributed by atoms with Gasteiger partial charge < -0.3 is 19.7 Å². The second-order valence-electron chi connectivity index (χ2n) is 8.63. The number of quaternary nitrogens is 1. The molecule has 2 aromatic heterocycles. The summed E-state index contributed by atoms with van der Waals surface area (Å²) in [4.78, 5) is 28.6. The van der Waals surface area contributed by atoms with E-state index in [9.17, 15) is 14.7 Å². The van der Waals surface area contributed by atoms with Crippen LogP contribution in [0.4, 0.5) is 0 Å². The van der Waals surface area contributed by atoms with Crippen LogP contribution in [0, 0.1) is 6.92 Å². The predicted molar refractivity (Wildman–Crippen MR) is 132 cm³/mol. The average Bonchev–Trinajstić information content (AvgIpc) is 2.70. The van der Waals surface area contributed by atoms with Gasteiger partial charge in [-0.15, -0.1) is 5.10 Å². The van der Waals surface area contributed by atoms with Crippen molar-refractivity contribution in [1.82, 2.24) is 14.8 Å². The lowest BCUT2D eigenvalue weighted by atomic mass is 10.1. The Morgan fingerprint density at radius 1 is 1.09 bits per heavy atom.